The standard InChI is InChI=1S/C14H20N2O4/c1-14(2,9-17)16-13(19)12(18)15-8-10-6-4-5-7-11(10)20-3/h4-7,17H,8-9H2,1-3H3,(H,15,18)(H,16,19). The minimum Gasteiger partial charge on any atom is -0.496 e. The molecule has 20 heavy (non-hydrogen) atoms. The Balaban J connectivity index is 2.57. The van der Waals surface area contributed by atoms with Gasteiger partial charge in [-0.15, -0.1) is 0 Å². The van der Waals surface area contributed by atoms with Crippen LogP contribution in [0.2, 0.25) is 0 Å². The maximum absolute atomic E-state index is 11.7. The zero-order valence-electron chi connectivity index (χ0n) is 11.9. The molecule has 1 rings (SSSR count). The van der Waals surface area contributed by atoms with Crippen LogP contribution >= 0.6 is 0 Å². The summed E-state index contributed by atoms with van der Waals surface area (Å²) in [5.74, 6) is -0.889. The van der Waals surface area contributed by atoms with E-state index in [0.29, 0.717) is 5.75 Å². The van der Waals surface area contributed by atoms with Crippen molar-refractivity contribution in [2.45, 2.75) is 25.9 Å². The van der Waals surface area contributed by atoms with Crippen molar-refractivity contribution in [3.8, 4) is 5.75 Å². The van der Waals surface area contributed by atoms with Gasteiger partial charge in [0.05, 0.1) is 19.3 Å². The van der Waals surface area contributed by atoms with Gasteiger partial charge in [0.1, 0.15) is 5.75 Å². The predicted octanol–water partition coefficient (Wildman–Crippen LogP) is 0.198. The van der Waals surface area contributed by atoms with Crippen molar-refractivity contribution in [3.05, 3.63) is 29.8 Å². The first-order valence-corrected chi connectivity index (χ1v) is 6.22. The highest BCUT2D eigenvalue weighted by Crippen LogP contribution is 2.16. The van der Waals surface area contributed by atoms with Gasteiger partial charge in [-0.1, -0.05) is 18.2 Å². The number of amides is 2. The lowest BCUT2D eigenvalue weighted by atomic mass is 10.1. The van der Waals surface area contributed by atoms with Crippen LogP contribution in [-0.2, 0) is 16.1 Å². The number of aliphatic hydroxyl groups excluding tert-OH is 1. The van der Waals surface area contributed by atoms with Crippen molar-refractivity contribution < 1.29 is 19.4 Å². The summed E-state index contributed by atoms with van der Waals surface area (Å²) in [4.78, 5) is 23.3. The van der Waals surface area contributed by atoms with Crippen LogP contribution in [-0.4, -0.2) is 36.2 Å². The summed E-state index contributed by atoms with van der Waals surface area (Å²) in [6, 6.07) is 7.21. The average molecular weight is 280 g/mol. The summed E-state index contributed by atoms with van der Waals surface area (Å²) >= 11 is 0. The van der Waals surface area contributed by atoms with Crippen LogP contribution in [0.15, 0.2) is 24.3 Å². The highest BCUT2D eigenvalue weighted by atomic mass is 16.5. The molecule has 110 valence electrons. The Morgan fingerprint density at radius 2 is 1.90 bits per heavy atom. The second kappa shape index (κ2) is 6.91. The van der Waals surface area contributed by atoms with Crippen LogP contribution in [0.3, 0.4) is 0 Å². The minimum atomic E-state index is -0.834. The lowest BCUT2D eigenvalue weighted by molar-refractivity contribution is -0.140. The van der Waals surface area contributed by atoms with Crippen LogP contribution in [0.5, 0.6) is 5.75 Å². The number of hydrogen-bond donors (Lipinski definition) is 3. The average Bonchev–Trinajstić information content (AvgIpc) is 2.44. The SMILES string of the molecule is COc1ccccc1CNC(=O)C(=O)NC(C)(C)CO. The zero-order valence-corrected chi connectivity index (χ0v) is 11.9. The third kappa shape index (κ3) is 4.55. The highest BCUT2D eigenvalue weighted by Gasteiger charge is 2.23. The predicted molar refractivity (Wildman–Crippen MR) is 74.1 cm³/mol. The number of rotatable bonds is 5. The van der Waals surface area contributed by atoms with E-state index >= 15 is 0 Å². The Bertz CT molecular complexity index is 486. The molecule has 0 bridgehead atoms. The number of hydrogen-bond acceptors (Lipinski definition) is 4. The number of nitrogens with one attached hydrogen (secondary N) is 2. The smallest absolute Gasteiger partial charge is 0.309 e. The normalized spacial score (nSPS) is 10.8. The van der Waals surface area contributed by atoms with Crippen molar-refractivity contribution in [3.63, 3.8) is 0 Å². The van der Waals surface area contributed by atoms with E-state index in [0.717, 1.165) is 5.56 Å². The molecule has 1 aromatic rings. The molecule has 0 aliphatic rings. The fourth-order valence-electron chi connectivity index (χ4n) is 1.51. The minimum absolute atomic E-state index is 0.190. The van der Waals surface area contributed by atoms with Gasteiger partial charge in [0.15, 0.2) is 0 Å². The van der Waals surface area contributed by atoms with Gasteiger partial charge in [-0.05, 0) is 19.9 Å². The number of para-hydroxylation sites is 1. The van der Waals surface area contributed by atoms with E-state index in [2.05, 4.69) is 10.6 Å². The van der Waals surface area contributed by atoms with Crippen LogP contribution in [0.25, 0.3) is 0 Å². The van der Waals surface area contributed by atoms with Gasteiger partial charge in [-0.3, -0.25) is 9.59 Å². The summed E-state index contributed by atoms with van der Waals surface area (Å²) in [5.41, 5.74) is -0.0589. The number of carbonyl (C=O) groups is 2. The summed E-state index contributed by atoms with van der Waals surface area (Å²) in [6.07, 6.45) is 0. The van der Waals surface area contributed by atoms with Gasteiger partial charge in [0.2, 0.25) is 0 Å². The zero-order chi connectivity index (χ0) is 15.2. The molecule has 0 radical (unpaired) electrons. The lowest BCUT2D eigenvalue weighted by Crippen LogP contribution is -2.51. The summed E-state index contributed by atoms with van der Waals surface area (Å²) in [5, 5.41) is 14.0. The Morgan fingerprint density at radius 3 is 2.50 bits per heavy atom. The van der Waals surface area contributed by atoms with E-state index in [-0.39, 0.29) is 13.2 Å². The van der Waals surface area contributed by atoms with Gasteiger partial charge in [0.25, 0.3) is 0 Å². The van der Waals surface area contributed by atoms with Crippen molar-refractivity contribution in [1.82, 2.24) is 10.6 Å². The van der Waals surface area contributed by atoms with E-state index < -0.39 is 17.4 Å². The second-order valence-corrected chi connectivity index (χ2v) is 4.99. The van der Waals surface area contributed by atoms with Crippen molar-refractivity contribution in [2.24, 2.45) is 0 Å². The van der Waals surface area contributed by atoms with Crippen molar-refractivity contribution in [2.75, 3.05) is 13.7 Å². The summed E-state index contributed by atoms with van der Waals surface area (Å²) in [6.45, 7) is 3.19. The fraction of sp³-hybridized carbons (Fsp3) is 0.429. The molecule has 6 heteroatoms. The molecule has 3 N–H and O–H groups in total. The molecule has 0 aliphatic carbocycles. The van der Waals surface area contributed by atoms with Crippen molar-refractivity contribution >= 4 is 11.8 Å². The first-order valence-electron chi connectivity index (χ1n) is 6.22. The molecule has 0 aliphatic heterocycles. The second-order valence-electron chi connectivity index (χ2n) is 4.99. The third-order valence-corrected chi connectivity index (χ3v) is 2.69. The van der Waals surface area contributed by atoms with Gasteiger partial charge in [-0.2, -0.15) is 0 Å². The van der Waals surface area contributed by atoms with Gasteiger partial charge >= 0.3 is 11.8 Å². The van der Waals surface area contributed by atoms with E-state index in [4.69, 9.17) is 9.84 Å². The first kappa shape index (κ1) is 16.0. The Kier molecular flexibility index (Phi) is 5.52. The van der Waals surface area contributed by atoms with E-state index in [1.54, 1.807) is 26.0 Å². The van der Waals surface area contributed by atoms with Gasteiger partial charge in [-0.25, -0.2) is 0 Å². The van der Waals surface area contributed by atoms with Crippen molar-refractivity contribution in [1.29, 1.82) is 0 Å². The number of methoxy groups -OCH3 is 1. The third-order valence-electron chi connectivity index (χ3n) is 2.69. The highest BCUT2D eigenvalue weighted by molar-refractivity contribution is 6.35. The number of aliphatic hydroxyl groups is 1. The molecular weight excluding hydrogens is 260 g/mol. The monoisotopic (exact) mass is 280 g/mol. The Morgan fingerprint density at radius 1 is 1.25 bits per heavy atom. The fourth-order valence-corrected chi connectivity index (χ4v) is 1.51. The molecule has 0 unspecified atom stereocenters. The van der Waals surface area contributed by atoms with Crippen LogP contribution < -0.4 is 15.4 Å². The van der Waals surface area contributed by atoms with Crippen LogP contribution in [0, 0.1) is 0 Å². The van der Waals surface area contributed by atoms with E-state index in [9.17, 15) is 9.59 Å². The quantitative estimate of drug-likeness (QED) is 0.672. The number of ether oxygens (including phenoxy) is 1. The Labute approximate surface area is 118 Å². The van der Waals surface area contributed by atoms with Gasteiger partial charge < -0.3 is 20.5 Å². The largest absolute Gasteiger partial charge is 0.496 e. The molecule has 0 fully saturated rings. The summed E-state index contributed by atoms with van der Waals surface area (Å²) < 4.78 is 5.15. The lowest BCUT2D eigenvalue weighted by Gasteiger charge is -2.22. The topological polar surface area (TPSA) is 87.7 Å². The first-order chi connectivity index (χ1) is 9.39. The molecule has 0 spiro atoms. The molecule has 1 aromatic carbocycles. The summed E-state index contributed by atoms with van der Waals surface area (Å²) in [7, 11) is 1.54. The van der Waals surface area contributed by atoms with Gasteiger partial charge in [0, 0.05) is 12.1 Å². The number of benzene rings is 1. The van der Waals surface area contributed by atoms with Crippen LogP contribution in [0.4, 0.5) is 0 Å². The molecule has 0 saturated heterocycles. The number of carbonyl (C=O) groups excluding carboxylic acids is 2. The van der Waals surface area contributed by atoms with Crippen LogP contribution in [0.1, 0.15) is 19.4 Å². The molecule has 0 aromatic heterocycles. The molecule has 2 amide bonds. The van der Waals surface area contributed by atoms with E-state index in [1.807, 2.05) is 12.1 Å². The molecule has 0 heterocycles. The molecular formula is C14H20N2O4. The Hall–Kier alpha value is -2.08. The maximum atomic E-state index is 11.7. The molecule has 0 atom stereocenters. The maximum Gasteiger partial charge on any atom is 0.309 e. The van der Waals surface area contributed by atoms with E-state index in [1.165, 1.54) is 7.11 Å². The molecule has 0 saturated carbocycles. The molecule has 6 nitrogen and oxygen atoms in total.